The van der Waals surface area contributed by atoms with Crippen LogP contribution in [0.1, 0.15) is 31.2 Å². The molecule has 138 valence electrons. The lowest BCUT2D eigenvalue weighted by molar-refractivity contribution is -0.130. The summed E-state index contributed by atoms with van der Waals surface area (Å²) in [5, 5.41) is 13.9. The van der Waals surface area contributed by atoms with Gasteiger partial charge in [0.25, 0.3) is 0 Å². The topological polar surface area (TPSA) is 71.0 Å². The molecule has 1 aromatic rings. The first-order valence-electron chi connectivity index (χ1n) is 9.09. The molecule has 0 bridgehead atoms. The maximum Gasteiger partial charge on any atom is 0.249 e. The smallest absolute Gasteiger partial charge is 0.249 e. The molecule has 0 aromatic heterocycles. The van der Waals surface area contributed by atoms with Gasteiger partial charge in [0, 0.05) is 32.8 Å². The van der Waals surface area contributed by atoms with Gasteiger partial charge in [0.15, 0.2) is 0 Å². The number of ether oxygens (including phenoxy) is 2. The molecule has 2 N–H and O–H groups in total. The van der Waals surface area contributed by atoms with Crippen molar-refractivity contribution in [2.24, 2.45) is 0 Å². The van der Waals surface area contributed by atoms with Gasteiger partial charge in [-0.25, -0.2) is 0 Å². The zero-order valence-corrected chi connectivity index (χ0v) is 14.9. The first-order valence-corrected chi connectivity index (χ1v) is 9.09. The highest BCUT2D eigenvalue weighted by atomic mass is 16.5. The largest absolute Gasteiger partial charge is 0.497 e. The highest BCUT2D eigenvalue weighted by Gasteiger charge is 2.34. The highest BCUT2D eigenvalue weighted by molar-refractivity contribution is 5.80. The number of benzene rings is 1. The molecule has 2 heterocycles. The predicted molar refractivity (Wildman–Crippen MR) is 94.5 cm³/mol. The minimum atomic E-state index is -0.800. The minimum Gasteiger partial charge on any atom is -0.497 e. The van der Waals surface area contributed by atoms with Crippen molar-refractivity contribution < 1.29 is 19.4 Å². The summed E-state index contributed by atoms with van der Waals surface area (Å²) in [5.74, 6) is 0.771. The molecule has 2 fully saturated rings. The second-order valence-electron chi connectivity index (χ2n) is 6.90. The van der Waals surface area contributed by atoms with Crippen LogP contribution in [0.4, 0.5) is 0 Å². The molecule has 2 aliphatic rings. The van der Waals surface area contributed by atoms with E-state index in [1.165, 1.54) is 0 Å². The SMILES string of the molecule is COc1cccc(C2(O)CCN(CCNC(=O)[C@@H]3CCCO3)CC2)c1. The van der Waals surface area contributed by atoms with E-state index < -0.39 is 5.60 Å². The Hall–Kier alpha value is -1.63. The average Bonchev–Trinajstić information content (AvgIpc) is 3.18. The number of amides is 1. The molecule has 2 aliphatic heterocycles. The van der Waals surface area contributed by atoms with Crippen LogP contribution in [0.2, 0.25) is 0 Å². The fourth-order valence-corrected chi connectivity index (χ4v) is 3.58. The van der Waals surface area contributed by atoms with Crippen molar-refractivity contribution in [1.82, 2.24) is 10.2 Å². The first kappa shape index (κ1) is 18.2. The van der Waals surface area contributed by atoms with Crippen molar-refractivity contribution in [2.45, 2.75) is 37.4 Å². The molecule has 0 radical (unpaired) electrons. The van der Waals surface area contributed by atoms with Gasteiger partial charge in [-0.2, -0.15) is 0 Å². The van der Waals surface area contributed by atoms with Crippen molar-refractivity contribution >= 4 is 5.91 Å². The molecule has 6 heteroatoms. The maximum absolute atomic E-state index is 11.9. The van der Waals surface area contributed by atoms with Crippen molar-refractivity contribution in [3.05, 3.63) is 29.8 Å². The van der Waals surface area contributed by atoms with E-state index in [0.29, 0.717) is 26.0 Å². The summed E-state index contributed by atoms with van der Waals surface area (Å²) < 4.78 is 10.6. The summed E-state index contributed by atoms with van der Waals surface area (Å²) in [6.07, 6.45) is 2.88. The lowest BCUT2D eigenvalue weighted by Crippen LogP contribution is -2.46. The van der Waals surface area contributed by atoms with E-state index in [2.05, 4.69) is 10.2 Å². The Kier molecular flexibility index (Phi) is 5.93. The van der Waals surface area contributed by atoms with Crippen molar-refractivity contribution in [1.29, 1.82) is 0 Å². The van der Waals surface area contributed by atoms with Crippen LogP contribution in [-0.2, 0) is 15.1 Å². The third-order valence-electron chi connectivity index (χ3n) is 5.24. The van der Waals surface area contributed by atoms with E-state index in [0.717, 1.165) is 43.8 Å². The Balaban J connectivity index is 1.44. The zero-order chi connectivity index (χ0) is 17.7. The van der Waals surface area contributed by atoms with Gasteiger partial charge in [-0.05, 0) is 43.4 Å². The number of likely N-dealkylation sites (tertiary alicyclic amines) is 1. The van der Waals surface area contributed by atoms with Crippen LogP contribution in [0, 0.1) is 0 Å². The number of rotatable bonds is 6. The zero-order valence-electron chi connectivity index (χ0n) is 14.9. The van der Waals surface area contributed by atoms with Crippen LogP contribution < -0.4 is 10.1 Å². The molecule has 0 saturated carbocycles. The van der Waals surface area contributed by atoms with Crippen molar-refractivity contribution in [3.8, 4) is 5.75 Å². The van der Waals surface area contributed by atoms with Crippen LogP contribution in [0.3, 0.4) is 0 Å². The molecule has 2 saturated heterocycles. The molecule has 25 heavy (non-hydrogen) atoms. The van der Waals surface area contributed by atoms with E-state index in [1.807, 2.05) is 24.3 Å². The Labute approximate surface area is 149 Å². The fraction of sp³-hybridized carbons (Fsp3) is 0.632. The number of methoxy groups -OCH3 is 1. The van der Waals surface area contributed by atoms with E-state index in [4.69, 9.17) is 9.47 Å². The summed E-state index contributed by atoms with van der Waals surface area (Å²) in [4.78, 5) is 14.2. The standard InChI is InChI=1S/C19H28N2O4/c1-24-16-5-2-4-15(14-16)19(23)7-10-21(11-8-19)12-9-20-18(22)17-6-3-13-25-17/h2,4-5,14,17,23H,3,6-13H2,1H3,(H,20,22)/t17-/m0/s1. The van der Waals surface area contributed by atoms with Gasteiger partial charge in [0.2, 0.25) is 5.91 Å². The number of carbonyl (C=O) groups is 1. The van der Waals surface area contributed by atoms with Crippen LogP contribution in [0.5, 0.6) is 5.75 Å². The predicted octanol–water partition coefficient (Wildman–Crippen LogP) is 1.27. The van der Waals surface area contributed by atoms with Crippen LogP contribution in [-0.4, -0.2) is 61.9 Å². The fourth-order valence-electron chi connectivity index (χ4n) is 3.58. The van der Waals surface area contributed by atoms with Crippen molar-refractivity contribution in [3.63, 3.8) is 0 Å². The van der Waals surface area contributed by atoms with Gasteiger partial charge >= 0.3 is 0 Å². The number of piperidine rings is 1. The lowest BCUT2D eigenvalue weighted by atomic mass is 9.84. The maximum atomic E-state index is 11.9. The molecule has 3 rings (SSSR count). The normalized spacial score (nSPS) is 23.4. The number of nitrogens with zero attached hydrogens (tertiary/aromatic N) is 1. The van der Waals surface area contributed by atoms with Crippen LogP contribution >= 0.6 is 0 Å². The van der Waals surface area contributed by atoms with E-state index in [-0.39, 0.29) is 12.0 Å². The van der Waals surface area contributed by atoms with Crippen molar-refractivity contribution in [2.75, 3.05) is 39.9 Å². The van der Waals surface area contributed by atoms with Gasteiger partial charge in [-0.15, -0.1) is 0 Å². The third kappa shape index (κ3) is 4.51. The van der Waals surface area contributed by atoms with Gasteiger partial charge in [-0.1, -0.05) is 12.1 Å². The second-order valence-corrected chi connectivity index (χ2v) is 6.90. The summed E-state index contributed by atoms with van der Waals surface area (Å²) >= 11 is 0. The Morgan fingerprint density at radius 3 is 2.92 bits per heavy atom. The second kappa shape index (κ2) is 8.17. The van der Waals surface area contributed by atoms with E-state index in [1.54, 1.807) is 7.11 Å². The van der Waals surface area contributed by atoms with Gasteiger partial charge in [-0.3, -0.25) is 4.79 Å². The van der Waals surface area contributed by atoms with E-state index >= 15 is 0 Å². The number of nitrogens with one attached hydrogen (secondary N) is 1. The Bertz CT molecular complexity index is 579. The van der Waals surface area contributed by atoms with E-state index in [9.17, 15) is 9.90 Å². The van der Waals surface area contributed by atoms with Gasteiger partial charge in [0.05, 0.1) is 12.7 Å². The number of hydrogen-bond donors (Lipinski definition) is 2. The molecular weight excluding hydrogens is 320 g/mol. The first-order chi connectivity index (χ1) is 12.1. The van der Waals surface area contributed by atoms with Gasteiger partial charge in [0.1, 0.15) is 11.9 Å². The third-order valence-corrected chi connectivity index (χ3v) is 5.24. The molecule has 1 atom stereocenters. The molecule has 0 spiro atoms. The molecule has 0 aliphatic carbocycles. The van der Waals surface area contributed by atoms with Gasteiger partial charge < -0.3 is 24.8 Å². The number of carbonyl (C=O) groups excluding carboxylic acids is 1. The van der Waals surface area contributed by atoms with Crippen LogP contribution in [0.15, 0.2) is 24.3 Å². The Morgan fingerprint density at radius 1 is 1.44 bits per heavy atom. The minimum absolute atomic E-state index is 0.00222. The van der Waals surface area contributed by atoms with Crippen LogP contribution in [0.25, 0.3) is 0 Å². The monoisotopic (exact) mass is 348 g/mol. The molecule has 1 aromatic carbocycles. The quantitative estimate of drug-likeness (QED) is 0.810. The molecule has 0 unspecified atom stereocenters. The number of hydrogen-bond acceptors (Lipinski definition) is 5. The summed E-state index contributed by atoms with van der Waals surface area (Å²) in [6.45, 7) is 3.73. The summed E-state index contributed by atoms with van der Waals surface area (Å²) in [7, 11) is 1.64. The molecule has 6 nitrogen and oxygen atoms in total. The lowest BCUT2D eigenvalue weighted by Gasteiger charge is -2.38. The molecule has 1 amide bonds. The average molecular weight is 348 g/mol. The summed E-state index contributed by atoms with van der Waals surface area (Å²) in [6, 6.07) is 7.68. The summed E-state index contributed by atoms with van der Waals surface area (Å²) in [5.41, 5.74) is 0.115. The highest BCUT2D eigenvalue weighted by Crippen LogP contribution is 2.34. The Morgan fingerprint density at radius 2 is 2.24 bits per heavy atom. The number of aliphatic hydroxyl groups is 1. The molecular formula is C19H28N2O4.